The van der Waals surface area contributed by atoms with Gasteiger partial charge in [0.25, 0.3) is 0 Å². The summed E-state index contributed by atoms with van der Waals surface area (Å²) in [6.45, 7) is 2.13. The minimum absolute atomic E-state index is 0.215. The third-order valence-corrected chi connectivity index (χ3v) is 4.69. The van der Waals surface area contributed by atoms with Gasteiger partial charge in [-0.1, -0.05) is 35.9 Å². The van der Waals surface area contributed by atoms with Crippen LogP contribution in [0.1, 0.15) is 22.7 Å². The first-order valence-corrected chi connectivity index (χ1v) is 8.87. The summed E-state index contributed by atoms with van der Waals surface area (Å²) in [5.74, 6) is 0.518. The molecule has 0 aliphatic carbocycles. The van der Waals surface area contributed by atoms with Gasteiger partial charge in [0, 0.05) is 29.2 Å². The van der Waals surface area contributed by atoms with Gasteiger partial charge in [-0.15, -0.1) is 0 Å². The second kappa shape index (κ2) is 8.16. The lowest BCUT2D eigenvalue weighted by molar-refractivity contribution is -0.137. The molecule has 3 N–H and O–H groups in total. The highest BCUT2D eigenvalue weighted by atomic mass is 35.5. The van der Waals surface area contributed by atoms with Crippen LogP contribution in [-0.2, 0) is 6.18 Å². The van der Waals surface area contributed by atoms with Crippen LogP contribution >= 0.6 is 11.6 Å². The second-order valence-corrected chi connectivity index (χ2v) is 6.77. The molecule has 0 aliphatic heterocycles. The van der Waals surface area contributed by atoms with E-state index < -0.39 is 17.8 Å². The fourth-order valence-electron chi connectivity index (χ4n) is 2.64. The summed E-state index contributed by atoms with van der Waals surface area (Å²) in [6.07, 6.45) is -3.00. The molecule has 146 valence electrons. The lowest BCUT2D eigenvalue weighted by Crippen LogP contribution is -2.21. The van der Waals surface area contributed by atoms with E-state index in [0.29, 0.717) is 22.1 Å². The van der Waals surface area contributed by atoms with E-state index in [4.69, 9.17) is 17.3 Å². The lowest BCUT2D eigenvalue weighted by atomic mass is 10.0. The van der Waals surface area contributed by atoms with Gasteiger partial charge in [-0.05, 0) is 36.2 Å². The number of halogens is 4. The van der Waals surface area contributed by atoms with Crippen molar-refractivity contribution in [3.05, 3.63) is 76.6 Å². The lowest BCUT2D eigenvalue weighted by Gasteiger charge is -2.16. The number of benzene rings is 2. The first-order valence-electron chi connectivity index (χ1n) is 8.49. The molecule has 4 nitrogen and oxygen atoms in total. The number of nitrogens with two attached hydrogens (primary N) is 1. The van der Waals surface area contributed by atoms with E-state index in [1.54, 1.807) is 12.1 Å². The Bertz CT molecular complexity index is 976. The molecule has 1 heterocycles. The topological polar surface area (TPSA) is 63.8 Å². The average molecular weight is 407 g/mol. The largest absolute Gasteiger partial charge is 0.416 e. The molecule has 8 heteroatoms. The Morgan fingerprint density at radius 1 is 1.11 bits per heavy atom. The molecule has 0 spiro atoms. The van der Waals surface area contributed by atoms with Crippen molar-refractivity contribution in [1.82, 2.24) is 9.97 Å². The molecule has 28 heavy (non-hydrogen) atoms. The molecule has 0 amide bonds. The number of hydrogen-bond donors (Lipinski definition) is 2. The first kappa shape index (κ1) is 20.1. The highest BCUT2D eigenvalue weighted by Crippen LogP contribution is 2.30. The van der Waals surface area contributed by atoms with Crippen molar-refractivity contribution in [2.24, 2.45) is 5.73 Å². The van der Waals surface area contributed by atoms with Crippen molar-refractivity contribution < 1.29 is 13.2 Å². The predicted molar refractivity (Wildman–Crippen MR) is 104 cm³/mol. The molecule has 0 saturated heterocycles. The van der Waals surface area contributed by atoms with Crippen LogP contribution in [0.2, 0.25) is 5.02 Å². The van der Waals surface area contributed by atoms with Crippen molar-refractivity contribution in [3.63, 3.8) is 0 Å². The van der Waals surface area contributed by atoms with Crippen molar-refractivity contribution in [2.75, 3.05) is 11.9 Å². The molecule has 0 radical (unpaired) electrons. The van der Waals surface area contributed by atoms with Gasteiger partial charge in [0.05, 0.1) is 11.3 Å². The van der Waals surface area contributed by atoms with E-state index in [1.165, 1.54) is 12.4 Å². The maximum Gasteiger partial charge on any atom is 0.416 e. The number of alkyl halides is 3. The Hall–Kier alpha value is -2.64. The molecule has 0 aliphatic rings. The minimum atomic E-state index is -4.40. The molecule has 2 aromatic carbocycles. The quantitative estimate of drug-likeness (QED) is 0.608. The molecule has 3 aromatic rings. The first-order chi connectivity index (χ1) is 13.2. The predicted octanol–water partition coefficient (Wildman–Crippen LogP) is 5.24. The Labute approximate surface area is 165 Å². The van der Waals surface area contributed by atoms with Crippen molar-refractivity contribution >= 4 is 17.4 Å². The zero-order chi connectivity index (χ0) is 20.3. The van der Waals surface area contributed by atoms with Gasteiger partial charge in [-0.2, -0.15) is 13.2 Å². The zero-order valence-corrected chi connectivity index (χ0v) is 15.7. The summed E-state index contributed by atoms with van der Waals surface area (Å²) in [5.41, 5.74) is 8.19. The molecular formula is C20H18ClF3N4. The standard InChI is InChI=1S/C20H18ClF3N4/c1-12-5-6-14(8-16(12)21)18-9-19(28-11-27-18)26-10-17(25)13-3-2-4-15(7-13)20(22,23)24/h2-9,11,17H,10,25H2,1H3,(H,26,27,28)/t17-/m0/s1. The minimum Gasteiger partial charge on any atom is -0.368 e. The summed E-state index contributed by atoms with van der Waals surface area (Å²) in [7, 11) is 0. The van der Waals surface area contributed by atoms with Crippen molar-refractivity contribution in [3.8, 4) is 11.3 Å². The molecular weight excluding hydrogens is 389 g/mol. The van der Waals surface area contributed by atoms with Crippen molar-refractivity contribution in [2.45, 2.75) is 19.1 Å². The van der Waals surface area contributed by atoms with E-state index in [0.717, 1.165) is 23.3 Å². The Balaban J connectivity index is 1.72. The van der Waals surface area contributed by atoms with Crippen LogP contribution in [0.25, 0.3) is 11.3 Å². The maximum absolute atomic E-state index is 12.9. The third kappa shape index (κ3) is 4.79. The van der Waals surface area contributed by atoms with Gasteiger partial charge in [-0.25, -0.2) is 9.97 Å². The van der Waals surface area contributed by atoms with Gasteiger partial charge in [-0.3, -0.25) is 0 Å². The fourth-order valence-corrected chi connectivity index (χ4v) is 2.82. The Kier molecular flexibility index (Phi) is 5.86. The van der Waals surface area contributed by atoms with E-state index >= 15 is 0 Å². The molecule has 0 bridgehead atoms. The normalized spacial score (nSPS) is 12.6. The summed E-state index contributed by atoms with van der Waals surface area (Å²) < 4.78 is 38.6. The maximum atomic E-state index is 12.9. The number of nitrogens with zero attached hydrogens (tertiary/aromatic N) is 2. The van der Waals surface area contributed by atoms with E-state index in [9.17, 15) is 13.2 Å². The van der Waals surface area contributed by atoms with Crippen LogP contribution < -0.4 is 11.1 Å². The summed E-state index contributed by atoms with van der Waals surface area (Å²) >= 11 is 6.16. The Morgan fingerprint density at radius 2 is 1.89 bits per heavy atom. The molecule has 0 unspecified atom stereocenters. The zero-order valence-electron chi connectivity index (χ0n) is 15.0. The van der Waals surface area contributed by atoms with Crippen LogP contribution in [0.4, 0.5) is 19.0 Å². The Morgan fingerprint density at radius 3 is 2.61 bits per heavy atom. The van der Waals surface area contributed by atoms with Gasteiger partial charge >= 0.3 is 6.18 Å². The van der Waals surface area contributed by atoms with Gasteiger partial charge < -0.3 is 11.1 Å². The SMILES string of the molecule is Cc1ccc(-c2cc(NC[C@H](N)c3cccc(C(F)(F)F)c3)ncn2)cc1Cl. The van der Waals surface area contributed by atoms with Crippen molar-refractivity contribution in [1.29, 1.82) is 0 Å². The highest BCUT2D eigenvalue weighted by Gasteiger charge is 2.30. The molecule has 3 rings (SSSR count). The average Bonchev–Trinajstić information content (AvgIpc) is 2.68. The summed E-state index contributed by atoms with van der Waals surface area (Å²) in [6, 6.07) is 11.7. The molecule has 1 aromatic heterocycles. The van der Waals surface area contributed by atoms with Crippen LogP contribution in [0.15, 0.2) is 54.9 Å². The molecule has 1 atom stereocenters. The number of aromatic nitrogens is 2. The van der Waals surface area contributed by atoms with E-state index in [-0.39, 0.29) is 6.54 Å². The number of aryl methyl sites for hydroxylation is 1. The van der Waals surface area contributed by atoms with Gasteiger partial charge in [0.1, 0.15) is 12.1 Å². The van der Waals surface area contributed by atoms with E-state index in [2.05, 4.69) is 15.3 Å². The summed E-state index contributed by atoms with van der Waals surface area (Å²) in [5, 5.41) is 3.68. The van der Waals surface area contributed by atoms with E-state index in [1.807, 2.05) is 25.1 Å². The fraction of sp³-hybridized carbons (Fsp3) is 0.200. The number of nitrogens with one attached hydrogen (secondary N) is 1. The smallest absolute Gasteiger partial charge is 0.368 e. The third-order valence-electron chi connectivity index (χ3n) is 4.28. The molecule has 0 saturated carbocycles. The van der Waals surface area contributed by atoms with Crippen LogP contribution in [0.5, 0.6) is 0 Å². The molecule has 0 fully saturated rings. The van der Waals surface area contributed by atoms with Gasteiger partial charge in [0.15, 0.2) is 0 Å². The van der Waals surface area contributed by atoms with Crippen LogP contribution in [-0.4, -0.2) is 16.5 Å². The number of hydrogen-bond acceptors (Lipinski definition) is 4. The summed E-state index contributed by atoms with van der Waals surface area (Å²) in [4.78, 5) is 8.37. The second-order valence-electron chi connectivity index (χ2n) is 6.36. The monoisotopic (exact) mass is 406 g/mol. The number of anilines is 1. The highest BCUT2D eigenvalue weighted by molar-refractivity contribution is 6.31. The van der Waals surface area contributed by atoms with Crippen LogP contribution in [0.3, 0.4) is 0 Å². The van der Waals surface area contributed by atoms with Crippen LogP contribution in [0, 0.1) is 6.92 Å². The number of rotatable bonds is 5. The van der Waals surface area contributed by atoms with Gasteiger partial charge in [0.2, 0.25) is 0 Å².